The van der Waals surface area contributed by atoms with E-state index >= 15 is 0 Å². The maximum atomic E-state index is 12.8. The molecule has 86 heavy (non-hydrogen) atoms. The largest absolute Gasteiger partial charge is 1.00 e. The van der Waals surface area contributed by atoms with Crippen molar-refractivity contribution >= 4 is 21.5 Å². The van der Waals surface area contributed by atoms with Gasteiger partial charge in [-0.2, -0.15) is 17.6 Å². The van der Waals surface area contributed by atoms with Crippen LogP contribution in [0.2, 0.25) is 0 Å². The number of fused-ring (bicyclic) bond motifs is 2. The number of alkyl halides is 6. The predicted octanol–water partition coefficient (Wildman–Crippen LogP) is 9.26. The van der Waals surface area contributed by atoms with Crippen molar-refractivity contribution in [2.24, 2.45) is 0 Å². The smallest absolute Gasteiger partial charge is 0.850 e. The first kappa shape index (κ1) is 94.7. The van der Waals surface area contributed by atoms with Crippen LogP contribution in [0.4, 0.5) is 26.3 Å². The molecule has 13 nitrogen and oxygen atoms in total. The minimum absolute atomic E-state index is 0. The molecule has 1 aliphatic heterocycles. The Kier molecular flexibility index (Phi) is 58.5. The molecule has 0 radical (unpaired) electrons. The van der Waals surface area contributed by atoms with Crippen molar-refractivity contribution in [3.05, 3.63) is 109 Å². The van der Waals surface area contributed by atoms with Gasteiger partial charge >= 0.3 is 69.9 Å². The zero-order valence-corrected chi connectivity index (χ0v) is 51.6. The number of allylic oxidation sites excluding steroid dienone is 2. The van der Waals surface area contributed by atoms with Crippen LogP contribution in [0.25, 0.3) is 21.5 Å². The Hall–Kier alpha value is -4.94. The van der Waals surface area contributed by atoms with Gasteiger partial charge in [0.15, 0.2) is 0 Å². The molecule has 0 amide bonds. The van der Waals surface area contributed by atoms with E-state index in [4.69, 9.17) is 45.8 Å². The van der Waals surface area contributed by atoms with Crippen LogP contribution in [-0.2, 0) is 36.5 Å². The van der Waals surface area contributed by atoms with Gasteiger partial charge in [-0.25, -0.2) is 4.74 Å². The summed E-state index contributed by atoms with van der Waals surface area (Å²) in [5, 5.41) is 55.9. The van der Waals surface area contributed by atoms with Crippen LogP contribution in [0, 0.1) is 59.7 Å². The van der Waals surface area contributed by atoms with Gasteiger partial charge in [-0.3, -0.25) is 4.74 Å². The molecule has 2 atom stereocenters. The van der Waals surface area contributed by atoms with Crippen molar-refractivity contribution in [2.45, 2.75) is 160 Å². The minimum Gasteiger partial charge on any atom is -0.850 e. The summed E-state index contributed by atoms with van der Waals surface area (Å²) in [4.78, 5) is 0. The number of rotatable bonds is 22. The van der Waals surface area contributed by atoms with Crippen molar-refractivity contribution in [1.82, 2.24) is 0 Å². The molecular formula is C66H93F6KO13. The summed E-state index contributed by atoms with van der Waals surface area (Å²) in [6.07, 6.45) is -5.78. The molecule has 5 N–H and O–H groups in total. The molecule has 4 aromatic rings. The molecule has 1 heterocycles. The molecule has 0 aromatic heterocycles. The van der Waals surface area contributed by atoms with E-state index in [1.165, 1.54) is 30.2 Å². The number of halogens is 6. The first-order valence-electron chi connectivity index (χ1n) is 25.2. The average Bonchev–Trinajstić information content (AvgIpc) is 4.31. The average molecular weight is 1250 g/mol. The molecule has 1 aliphatic rings. The summed E-state index contributed by atoms with van der Waals surface area (Å²) in [7, 11) is 0. The van der Waals surface area contributed by atoms with E-state index in [1.54, 1.807) is 48.5 Å². The monoisotopic (exact) mass is 1250 g/mol. The second-order valence-corrected chi connectivity index (χ2v) is 18.2. The summed E-state index contributed by atoms with van der Waals surface area (Å²) >= 11 is 0. The fourth-order valence-electron chi connectivity index (χ4n) is 5.41. The van der Waals surface area contributed by atoms with Crippen molar-refractivity contribution in [3.63, 3.8) is 0 Å². The summed E-state index contributed by atoms with van der Waals surface area (Å²) < 4.78 is 108. The fraction of sp³-hybridized carbons (Fsp3) is 0.485. The van der Waals surface area contributed by atoms with E-state index in [0.29, 0.717) is 13.0 Å². The van der Waals surface area contributed by atoms with Crippen LogP contribution in [0.1, 0.15) is 116 Å². The maximum Gasteiger partial charge on any atom is 1.00 e. The van der Waals surface area contributed by atoms with Crippen LogP contribution in [0.5, 0.6) is 11.5 Å². The number of aliphatic hydroxyl groups is 5. The van der Waals surface area contributed by atoms with E-state index < -0.39 is 62.6 Å². The Labute approximate surface area is 552 Å². The van der Waals surface area contributed by atoms with Crippen molar-refractivity contribution in [1.29, 1.82) is 0 Å². The van der Waals surface area contributed by atoms with Gasteiger partial charge in [0.2, 0.25) is 0 Å². The Bertz CT molecular complexity index is 2700. The van der Waals surface area contributed by atoms with Crippen LogP contribution in [-0.4, -0.2) is 121 Å². The van der Waals surface area contributed by atoms with Crippen molar-refractivity contribution < 1.29 is 142 Å². The third-order valence-electron chi connectivity index (χ3n) is 8.47. The molecule has 0 bridgehead atoms. The molecular weight excluding hydrogens is 1150 g/mol. The summed E-state index contributed by atoms with van der Waals surface area (Å²) in [5.74, 6) is 23.6. The Balaban J connectivity index is -0.000000180. The van der Waals surface area contributed by atoms with E-state index in [9.17, 15) is 36.6 Å². The zero-order valence-electron chi connectivity index (χ0n) is 48.5. The van der Waals surface area contributed by atoms with Gasteiger partial charge < -0.3 is 54.3 Å². The number of benzene rings is 4. The summed E-state index contributed by atoms with van der Waals surface area (Å²) in [5.41, 5.74) is 1.02. The molecule has 0 spiro atoms. The Morgan fingerprint density at radius 1 is 0.674 bits per heavy atom. The third kappa shape index (κ3) is 49.1. The first-order chi connectivity index (χ1) is 38.0. The van der Waals surface area contributed by atoms with Gasteiger partial charge in [-0.1, -0.05) is 143 Å². The molecule has 4 aromatic carbocycles. The summed E-state index contributed by atoms with van der Waals surface area (Å²) in [6, 6.07) is 24.5. The standard InChI is InChI=1S/C17H20O4.C16H16O2.C11H4.C9H14F6O3.C4H10O.C4H9O.CH4O2.4CH4.K/c1-2-5-16-15-7-4-3-6-13(15)8-9-17(16)21-11-14(19)10-20-12-18;1-2-5-15-14-7-4-3-6-12(14)8-9-16(15)18-11-13-10-17-13;1-3-5-7-9-11-10-8-6-4-2;1-3-5-16-7(10,11)8(12,13)18-9(14,15)17-6-4-2;2*1-4(2,3)5;2-1-3;;;;;/h2-4,6-9,14,18-19H,1,5,10-12H2;2-4,6-9,13H,1,5,10-11H2;1H,2H3;3-6H2,1-2H3;5H,1-3H3;1-3H3;2-3H,1H2;4*1H4;/q;;;;;-1;;;;;;+1. The second kappa shape index (κ2) is 53.1. The van der Waals surface area contributed by atoms with E-state index in [-0.39, 0.29) is 113 Å². The zero-order chi connectivity index (χ0) is 62.0. The van der Waals surface area contributed by atoms with E-state index in [2.05, 4.69) is 117 Å². The normalized spacial score (nSPS) is 11.7. The molecule has 478 valence electrons. The number of aliphatic hydroxyl groups excluding tert-OH is 3. The van der Waals surface area contributed by atoms with Crippen LogP contribution >= 0.6 is 0 Å². The number of hydrogen-bond donors (Lipinski definition) is 5. The quantitative estimate of drug-likeness (QED) is 0.0125. The van der Waals surface area contributed by atoms with Gasteiger partial charge in [0, 0.05) is 11.1 Å². The molecule has 1 saturated heterocycles. The maximum absolute atomic E-state index is 12.8. The predicted molar refractivity (Wildman–Crippen MR) is 327 cm³/mol. The molecule has 0 aliphatic carbocycles. The minimum atomic E-state index is -5.50. The van der Waals surface area contributed by atoms with Gasteiger partial charge in [0.05, 0.1) is 32.0 Å². The SMILES string of the molecule is C.C.C.C.C#CC#CC#CC#CC#CC.C=CCc1c(OCC(O)COCO)ccc2ccccc12.C=CCc1c(OCC2CO2)ccc2ccccc12.CC(C)(C)O.CC(C)(C)[O-].CCCOC(F)(F)OC(F)(F)C(F)(F)OCCC.OCO.[K+]. The Morgan fingerprint density at radius 3 is 1.45 bits per heavy atom. The topological polar surface area (TPSA) is 192 Å². The molecule has 0 saturated carbocycles. The van der Waals surface area contributed by atoms with E-state index in [1.807, 2.05) is 48.6 Å². The van der Waals surface area contributed by atoms with Gasteiger partial charge in [0.1, 0.15) is 50.5 Å². The first-order valence-corrected chi connectivity index (χ1v) is 25.2. The number of ether oxygens (including phenoxy) is 7. The second-order valence-electron chi connectivity index (χ2n) is 18.2. The fourth-order valence-corrected chi connectivity index (χ4v) is 5.41. The van der Waals surface area contributed by atoms with Gasteiger partial charge in [-0.15, -0.1) is 34.0 Å². The van der Waals surface area contributed by atoms with Crippen molar-refractivity contribution in [3.8, 4) is 71.2 Å². The van der Waals surface area contributed by atoms with Crippen LogP contribution in [0.15, 0.2) is 98.1 Å². The van der Waals surface area contributed by atoms with Crippen LogP contribution in [0.3, 0.4) is 0 Å². The van der Waals surface area contributed by atoms with Crippen molar-refractivity contribution in [2.75, 3.05) is 53.2 Å². The molecule has 5 rings (SSSR count). The van der Waals surface area contributed by atoms with Gasteiger partial charge in [0.25, 0.3) is 0 Å². The van der Waals surface area contributed by atoms with Gasteiger partial charge in [-0.05, 0) is 134 Å². The van der Waals surface area contributed by atoms with Crippen LogP contribution < -0.4 is 66.0 Å². The molecule has 20 heteroatoms. The number of hydrogen-bond acceptors (Lipinski definition) is 13. The molecule has 2 unspecified atom stereocenters. The van der Waals surface area contributed by atoms with E-state index in [0.717, 1.165) is 40.9 Å². The number of terminal acetylenes is 1. The number of epoxide rings is 1. The molecule has 1 fully saturated rings. The summed E-state index contributed by atoms with van der Waals surface area (Å²) in [6.45, 7) is 21.4. The Morgan fingerprint density at radius 2 is 1.07 bits per heavy atom. The third-order valence-corrected chi connectivity index (χ3v) is 8.47.